The Balaban J connectivity index is 1.63. The SMILES string of the molecule is CC(C)(C)c1ccc(C(=O)C[C@H](C(=O)[O-])[NH+]2CCN(c3ccc(F)cc3)CC2)cc1. The minimum Gasteiger partial charge on any atom is -0.544 e. The number of benzene rings is 2. The normalized spacial score (nSPS) is 16.3. The van der Waals surface area contributed by atoms with Crippen LogP contribution < -0.4 is 14.9 Å². The molecule has 3 rings (SSSR count). The van der Waals surface area contributed by atoms with Crippen molar-refractivity contribution in [2.45, 2.75) is 38.6 Å². The van der Waals surface area contributed by atoms with E-state index in [0.29, 0.717) is 31.7 Å². The molecule has 5 nitrogen and oxygen atoms in total. The number of ketones is 1. The van der Waals surface area contributed by atoms with Crippen molar-refractivity contribution >= 4 is 17.4 Å². The lowest BCUT2D eigenvalue weighted by atomic mass is 9.86. The van der Waals surface area contributed by atoms with E-state index in [2.05, 4.69) is 25.7 Å². The zero-order chi connectivity index (χ0) is 21.9. The first kappa shape index (κ1) is 22.0. The summed E-state index contributed by atoms with van der Waals surface area (Å²) >= 11 is 0. The first-order valence-electron chi connectivity index (χ1n) is 10.3. The number of piperazine rings is 1. The van der Waals surface area contributed by atoms with Crippen LogP contribution in [0.3, 0.4) is 0 Å². The summed E-state index contributed by atoms with van der Waals surface area (Å²) in [6.45, 7) is 8.73. The third kappa shape index (κ3) is 5.25. The van der Waals surface area contributed by atoms with Gasteiger partial charge in [0.25, 0.3) is 0 Å². The summed E-state index contributed by atoms with van der Waals surface area (Å²) in [5.74, 6) is -1.66. The van der Waals surface area contributed by atoms with Crippen LogP contribution in [0.1, 0.15) is 43.1 Å². The maximum absolute atomic E-state index is 13.1. The lowest BCUT2D eigenvalue weighted by molar-refractivity contribution is -0.918. The van der Waals surface area contributed by atoms with Crippen molar-refractivity contribution < 1.29 is 24.0 Å². The smallest absolute Gasteiger partial charge is 0.169 e. The van der Waals surface area contributed by atoms with Crippen LogP contribution in [0.5, 0.6) is 0 Å². The van der Waals surface area contributed by atoms with Crippen molar-refractivity contribution in [1.29, 1.82) is 0 Å². The topological polar surface area (TPSA) is 64.9 Å². The van der Waals surface area contributed by atoms with Crippen LogP contribution >= 0.6 is 0 Å². The van der Waals surface area contributed by atoms with Gasteiger partial charge in [0.2, 0.25) is 0 Å². The first-order valence-corrected chi connectivity index (χ1v) is 10.3. The number of halogens is 1. The highest BCUT2D eigenvalue weighted by Gasteiger charge is 2.30. The summed E-state index contributed by atoms with van der Waals surface area (Å²) < 4.78 is 13.1. The number of nitrogens with zero attached hydrogens (tertiary/aromatic N) is 1. The van der Waals surface area contributed by atoms with Gasteiger partial charge in [-0.05, 0) is 35.2 Å². The maximum atomic E-state index is 13.1. The van der Waals surface area contributed by atoms with Crippen LogP contribution in [0.15, 0.2) is 48.5 Å². The number of quaternary nitrogens is 1. The van der Waals surface area contributed by atoms with Crippen LogP contribution in [0, 0.1) is 5.82 Å². The number of nitrogens with one attached hydrogen (secondary N) is 1. The molecule has 2 aromatic rings. The highest BCUT2D eigenvalue weighted by Crippen LogP contribution is 2.22. The monoisotopic (exact) mass is 412 g/mol. The van der Waals surface area contributed by atoms with Crippen molar-refractivity contribution in [2.24, 2.45) is 0 Å². The lowest BCUT2D eigenvalue weighted by Crippen LogP contribution is -3.19. The second-order valence-electron chi connectivity index (χ2n) is 8.95. The van der Waals surface area contributed by atoms with Gasteiger partial charge in [0, 0.05) is 11.3 Å². The van der Waals surface area contributed by atoms with E-state index in [4.69, 9.17) is 0 Å². The summed E-state index contributed by atoms with van der Waals surface area (Å²) in [6.07, 6.45) is -0.0803. The molecule has 1 atom stereocenters. The molecule has 0 unspecified atom stereocenters. The number of carboxylic acid groups (broad SMARTS) is 1. The summed E-state index contributed by atoms with van der Waals surface area (Å²) in [5.41, 5.74) is 2.55. The maximum Gasteiger partial charge on any atom is 0.169 e. The minimum atomic E-state index is -1.19. The Morgan fingerprint density at radius 2 is 1.60 bits per heavy atom. The van der Waals surface area contributed by atoms with Crippen LogP contribution in [0.25, 0.3) is 0 Å². The molecule has 0 spiro atoms. The van der Waals surface area contributed by atoms with E-state index in [9.17, 15) is 19.1 Å². The molecule has 0 saturated carbocycles. The van der Waals surface area contributed by atoms with Crippen molar-refractivity contribution in [3.05, 3.63) is 65.5 Å². The van der Waals surface area contributed by atoms with Crippen LogP contribution in [0.2, 0.25) is 0 Å². The Morgan fingerprint density at radius 3 is 2.10 bits per heavy atom. The second kappa shape index (κ2) is 8.96. The molecule has 1 aliphatic rings. The van der Waals surface area contributed by atoms with E-state index < -0.39 is 12.0 Å². The number of carboxylic acids is 1. The molecule has 0 aromatic heterocycles. The van der Waals surface area contributed by atoms with Gasteiger partial charge in [-0.2, -0.15) is 0 Å². The zero-order valence-corrected chi connectivity index (χ0v) is 17.8. The first-order chi connectivity index (χ1) is 14.1. The average molecular weight is 413 g/mol. The highest BCUT2D eigenvalue weighted by molar-refractivity contribution is 5.98. The molecule has 30 heavy (non-hydrogen) atoms. The van der Waals surface area contributed by atoms with Gasteiger partial charge >= 0.3 is 0 Å². The quantitative estimate of drug-likeness (QED) is 0.725. The predicted octanol–water partition coefficient (Wildman–Crippen LogP) is 1.22. The number of hydrogen-bond acceptors (Lipinski definition) is 4. The number of carbonyl (C=O) groups excluding carboxylic acids is 2. The molecule has 0 radical (unpaired) electrons. The van der Waals surface area contributed by atoms with Gasteiger partial charge in [0.05, 0.1) is 38.6 Å². The van der Waals surface area contributed by atoms with Gasteiger partial charge in [-0.25, -0.2) is 4.39 Å². The van der Waals surface area contributed by atoms with E-state index >= 15 is 0 Å². The number of anilines is 1. The van der Waals surface area contributed by atoms with Gasteiger partial charge in [-0.3, -0.25) is 4.79 Å². The number of aliphatic carboxylic acids is 1. The number of Topliss-reactive ketones (excluding diaryl/α,β-unsaturated/α-hetero) is 1. The Morgan fingerprint density at radius 1 is 1.03 bits per heavy atom. The Kier molecular flexibility index (Phi) is 6.56. The Labute approximate surface area is 177 Å². The molecule has 0 amide bonds. The third-order valence-corrected chi connectivity index (χ3v) is 5.84. The Bertz CT molecular complexity index is 880. The van der Waals surface area contributed by atoms with Crippen molar-refractivity contribution in [2.75, 3.05) is 31.1 Å². The highest BCUT2D eigenvalue weighted by atomic mass is 19.1. The van der Waals surface area contributed by atoms with Crippen LogP contribution in [-0.2, 0) is 10.2 Å². The minimum absolute atomic E-state index is 0.0105. The molecular weight excluding hydrogens is 383 g/mol. The summed E-state index contributed by atoms with van der Waals surface area (Å²) in [5, 5.41) is 11.8. The van der Waals surface area contributed by atoms with Crippen molar-refractivity contribution in [1.82, 2.24) is 0 Å². The second-order valence-corrected chi connectivity index (χ2v) is 8.95. The standard InChI is InChI=1S/C24H29FN2O3/c1-24(2,3)18-6-4-17(5-7-18)22(28)16-21(23(29)30)27-14-12-26(13-15-27)20-10-8-19(25)9-11-20/h4-11,21H,12-16H2,1-3H3,(H,29,30)/t21-/m1/s1. The predicted molar refractivity (Wildman–Crippen MR) is 112 cm³/mol. The van der Waals surface area contributed by atoms with Gasteiger partial charge in [-0.15, -0.1) is 0 Å². The molecule has 1 heterocycles. The molecule has 1 aliphatic heterocycles. The summed E-state index contributed by atoms with van der Waals surface area (Å²) in [7, 11) is 0. The summed E-state index contributed by atoms with van der Waals surface area (Å²) in [6, 6.07) is 12.8. The number of hydrogen-bond donors (Lipinski definition) is 1. The molecule has 0 aliphatic carbocycles. The largest absolute Gasteiger partial charge is 0.544 e. The van der Waals surface area contributed by atoms with Gasteiger partial charge in [0.1, 0.15) is 11.9 Å². The Hall–Kier alpha value is -2.73. The van der Waals surface area contributed by atoms with Gasteiger partial charge < -0.3 is 19.7 Å². The van der Waals surface area contributed by atoms with Crippen LogP contribution in [-0.4, -0.2) is 44.0 Å². The fraction of sp³-hybridized carbons (Fsp3) is 0.417. The molecular formula is C24H29FN2O3. The fourth-order valence-electron chi connectivity index (χ4n) is 3.91. The van der Waals surface area contributed by atoms with E-state index in [1.54, 1.807) is 24.3 Å². The molecule has 1 saturated heterocycles. The van der Waals surface area contributed by atoms with E-state index in [0.717, 1.165) is 16.2 Å². The lowest BCUT2D eigenvalue weighted by Gasteiger charge is -2.37. The van der Waals surface area contributed by atoms with Gasteiger partial charge in [-0.1, -0.05) is 45.0 Å². The van der Waals surface area contributed by atoms with Crippen LogP contribution in [0.4, 0.5) is 10.1 Å². The van der Waals surface area contributed by atoms with Crippen molar-refractivity contribution in [3.8, 4) is 0 Å². The zero-order valence-electron chi connectivity index (χ0n) is 17.8. The number of carbonyl (C=O) groups is 2. The average Bonchev–Trinajstić information content (AvgIpc) is 2.72. The number of rotatable bonds is 6. The van der Waals surface area contributed by atoms with E-state index in [1.807, 2.05) is 12.1 Å². The molecule has 1 fully saturated rings. The molecule has 2 aromatic carbocycles. The molecule has 160 valence electrons. The molecule has 6 heteroatoms. The van der Waals surface area contributed by atoms with E-state index in [-0.39, 0.29) is 23.4 Å². The van der Waals surface area contributed by atoms with Crippen molar-refractivity contribution in [3.63, 3.8) is 0 Å². The van der Waals surface area contributed by atoms with E-state index in [1.165, 1.54) is 12.1 Å². The summed E-state index contributed by atoms with van der Waals surface area (Å²) in [4.78, 5) is 27.5. The molecule has 1 N–H and O–H groups in total. The third-order valence-electron chi connectivity index (χ3n) is 5.84. The fourth-order valence-corrected chi connectivity index (χ4v) is 3.91. The molecule has 0 bridgehead atoms. The van der Waals surface area contributed by atoms with Gasteiger partial charge in [0.15, 0.2) is 5.78 Å².